The van der Waals surface area contributed by atoms with Gasteiger partial charge in [-0.25, -0.2) is 0 Å². The summed E-state index contributed by atoms with van der Waals surface area (Å²) in [6, 6.07) is 5.73. The number of carbonyl (C=O) groups is 1. The first kappa shape index (κ1) is 17.0. The van der Waals surface area contributed by atoms with E-state index in [0.717, 1.165) is 35.4 Å². The second kappa shape index (κ2) is 8.97. The normalized spacial score (nSPS) is 10.8. The summed E-state index contributed by atoms with van der Waals surface area (Å²) >= 11 is 3.41. The quantitative estimate of drug-likeness (QED) is 0.748. The zero-order valence-corrected chi connectivity index (χ0v) is 13.6. The molecule has 0 atom stereocenters. The fourth-order valence-electron chi connectivity index (χ4n) is 1.95. The number of ether oxygens (including phenoxy) is 1. The molecule has 1 aromatic carbocycles. The minimum Gasteiger partial charge on any atom is -0.492 e. The molecular weight excluding hydrogens is 322 g/mol. The van der Waals surface area contributed by atoms with Crippen LogP contribution in [0.4, 0.5) is 0 Å². The summed E-state index contributed by atoms with van der Waals surface area (Å²) in [7, 11) is 0. The van der Waals surface area contributed by atoms with Crippen LogP contribution in [0.1, 0.15) is 25.8 Å². The summed E-state index contributed by atoms with van der Waals surface area (Å²) in [6.45, 7) is 7.76. The summed E-state index contributed by atoms with van der Waals surface area (Å²) in [4.78, 5) is 13.0. The summed E-state index contributed by atoms with van der Waals surface area (Å²) in [5.41, 5.74) is 0.932. The lowest BCUT2D eigenvalue weighted by atomic mass is 10.1. The fraction of sp³-hybridized carbons (Fsp3) is 0.533. The molecule has 1 rings (SSSR count). The average Bonchev–Trinajstić information content (AvgIpc) is 2.43. The van der Waals surface area contributed by atoms with E-state index in [4.69, 9.17) is 9.84 Å². The van der Waals surface area contributed by atoms with Crippen LogP contribution in [0.5, 0.6) is 5.75 Å². The van der Waals surface area contributed by atoms with Crippen LogP contribution in [-0.4, -0.2) is 42.2 Å². The molecule has 0 aromatic heterocycles. The van der Waals surface area contributed by atoms with E-state index in [1.165, 1.54) is 0 Å². The van der Waals surface area contributed by atoms with Crippen LogP contribution < -0.4 is 4.74 Å². The third kappa shape index (κ3) is 5.92. The Balaban J connectivity index is 2.61. The van der Waals surface area contributed by atoms with Gasteiger partial charge in [-0.1, -0.05) is 29.8 Å². The largest absolute Gasteiger partial charge is 0.492 e. The SMILES string of the molecule is CCN(CC)CCOc1ccc(Br)cc1CCC(=O)O. The molecule has 0 aliphatic heterocycles. The highest BCUT2D eigenvalue weighted by molar-refractivity contribution is 9.10. The van der Waals surface area contributed by atoms with E-state index in [1.807, 2.05) is 18.2 Å². The van der Waals surface area contributed by atoms with E-state index in [9.17, 15) is 4.79 Å². The van der Waals surface area contributed by atoms with Gasteiger partial charge in [0.1, 0.15) is 12.4 Å². The molecule has 0 bridgehead atoms. The summed E-state index contributed by atoms with van der Waals surface area (Å²) in [6.07, 6.45) is 0.595. The molecule has 112 valence electrons. The molecule has 20 heavy (non-hydrogen) atoms. The number of carboxylic acids is 1. The van der Waals surface area contributed by atoms with Crippen molar-refractivity contribution in [1.82, 2.24) is 4.90 Å². The van der Waals surface area contributed by atoms with Crippen molar-refractivity contribution in [2.24, 2.45) is 0 Å². The van der Waals surface area contributed by atoms with Crippen molar-refractivity contribution in [3.8, 4) is 5.75 Å². The lowest BCUT2D eigenvalue weighted by Gasteiger charge is -2.19. The van der Waals surface area contributed by atoms with E-state index in [-0.39, 0.29) is 6.42 Å². The number of rotatable bonds is 9. The third-order valence-corrected chi connectivity index (χ3v) is 3.68. The Labute approximate surface area is 128 Å². The first-order valence-electron chi connectivity index (χ1n) is 6.92. The van der Waals surface area contributed by atoms with Gasteiger partial charge in [-0.3, -0.25) is 4.79 Å². The Morgan fingerprint density at radius 2 is 2.05 bits per heavy atom. The maximum atomic E-state index is 10.7. The third-order valence-electron chi connectivity index (χ3n) is 3.19. The van der Waals surface area contributed by atoms with E-state index in [2.05, 4.69) is 34.7 Å². The number of likely N-dealkylation sites (N-methyl/N-ethyl adjacent to an activating group) is 1. The van der Waals surface area contributed by atoms with Crippen molar-refractivity contribution in [1.29, 1.82) is 0 Å². The van der Waals surface area contributed by atoms with Crippen molar-refractivity contribution in [3.05, 3.63) is 28.2 Å². The molecule has 0 heterocycles. The molecule has 4 nitrogen and oxygen atoms in total. The van der Waals surface area contributed by atoms with E-state index < -0.39 is 5.97 Å². The summed E-state index contributed by atoms with van der Waals surface area (Å²) in [5.74, 6) is -0.0133. The van der Waals surface area contributed by atoms with E-state index in [0.29, 0.717) is 13.0 Å². The van der Waals surface area contributed by atoms with E-state index in [1.54, 1.807) is 0 Å². The topological polar surface area (TPSA) is 49.8 Å². The second-order valence-electron chi connectivity index (χ2n) is 4.52. The number of hydrogen-bond acceptors (Lipinski definition) is 3. The van der Waals surface area contributed by atoms with Crippen molar-refractivity contribution in [2.45, 2.75) is 26.7 Å². The number of hydrogen-bond donors (Lipinski definition) is 1. The molecule has 0 amide bonds. The molecular formula is C15H22BrNO3. The molecule has 1 N–H and O–H groups in total. The molecule has 0 aliphatic carbocycles. The number of nitrogens with zero attached hydrogens (tertiary/aromatic N) is 1. The molecule has 0 radical (unpaired) electrons. The van der Waals surface area contributed by atoms with Gasteiger partial charge in [-0.15, -0.1) is 0 Å². The molecule has 0 unspecified atom stereocenters. The lowest BCUT2D eigenvalue weighted by molar-refractivity contribution is -0.136. The molecule has 0 spiro atoms. The molecule has 0 saturated heterocycles. The Morgan fingerprint density at radius 1 is 1.35 bits per heavy atom. The predicted molar refractivity (Wildman–Crippen MR) is 83.4 cm³/mol. The average molecular weight is 344 g/mol. The lowest BCUT2D eigenvalue weighted by Crippen LogP contribution is -2.28. The highest BCUT2D eigenvalue weighted by Crippen LogP contribution is 2.24. The van der Waals surface area contributed by atoms with Crippen LogP contribution in [-0.2, 0) is 11.2 Å². The zero-order valence-electron chi connectivity index (χ0n) is 12.1. The van der Waals surface area contributed by atoms with Gasteiger partial charge >= 0.3 is 5.97 Å². The Kier molecular flexibility index (Phi) is 7.62. The van der Waals surface area contributed by atoms with Crippen molar-refractivity contribution in [2.75, 3.05) is 26.2 Å². The molecule has 1 aromatic rings. The highest BCUT2D eigenvalue weighted by atomic mass is 79.9. The van der Waals surface area contributed by atoms with Crippen LogP contribution >= 0.6 is 15.9 Å². The van der Waals surface area contributed by atoms with Gasteiger partial charge in [0.2, 0.25) is 0 Å². The van der Waals surface area contributed by atoms with Crippen LogP contribution in [0.25, 0.3) is 0 Å². The van der Waals surface area contributed by atoms with Crippen molar-refractivity contribution < 1.29 is 14.6 Å². The van der Waals surface area contributed by atoms with Gasteiger partial charge in [0.05, 0.1) is 0 Å². The summed E-state index contributed by atoms with van der Waals surface area (Å²) < 4.78 is 6.74. The maximum Gasteiger partial charge on any atom is 0.303 e. The van der Waals surface area contributed by atoms with Gasteiger partial charge in [0.25, 0.3) is 0 Å². The standard InChI is InChI=1S/C15H22BrNO3/c1-3-17(4-2)9-10-20-14-7-6-13(16)11-12(14)5-8-15(18)19/h6-7,11H,3-5,8-10H2,1-2H3,(H,18,19). The number of aliphatic carboxylic acids is 1. The van der Waals surface area contributed by atoms with Gasteiger partial charge in [-0.05, 0) is 43.3 Å². The zero-order chi connectivity index (χ0) is 15.0. The maximum absolute atomic E-state index is 10.7. The number of aryl methyl sites for hydroxylation is 1. The monoisotopic (exact) mass is 343 g/mol. The Bertz CT molecular complexity index is 433. The van der Waals surface area contributed by atoms with Crippen LogP contribution in [0.2, 0.25) is 0 Å². The van der Waals surface area contributed by atoms with Crippen LogP contribution in [0, 0.1) is 0 Å². The molecule has 0 fully saturated rings. The summed E-state index contributed by atoms with van der Waals surface area (Å²) in [5, 5.41) is 8.79. The second-order valence-corrected chi connectivity index (χ2v) is 5.44. The van der Waals surface area contributed by atoms with Gasteiger partial charge < -0.3 is 14.7 Å². The Hall–Kier alpha value is -1.07. The smallest absolute Gasteiger partial charge is 0.303 e. The molecule has 5 heteroatoms. The van der Waals surface area contributed by atoms with Crippen LogP contribution in [0.15, 0.2) is 22.7 Å². The minimum absolute atomic E-state index is 0.114. The first-order chi connectivity index (χ1) is 9.56. The van der Waals surface area contributed by atoms with Gasteiger partial charge in [-0.2, -0.15) is 0 Å². The molecule has 0 saturated carbocycles. The number of halogens is 1. The van der Waals surface area contributed by atoms with Gasteiger partial charge in [0.15, 0.2) is 0 Å². The van der Waals surface area contributed by atoms with Crippen molar-refractivity contribution >= 4 is 21.9 Å². The van der Waals surface area contributed by atoms with Gasteiger partial charge in [0, 0.05) is 17.4 Å². The van der Waals surface area contributed by atoms with Crippen molar-refractivity contribution in [3.63, 3.8) is 0 Å². The highest BCUT2D eigenvalue weighted by Gasteiger charge is 2.08. The first-order valence-corrected chi connectivity index (χ1v) is 7.71. The predicted octanol–water partition coefficient (Wildman–Crippen LogP) is 3.19. The minimum atomic E-state index is -0.793. The fourth-order valence-corrected chi connectivity index (χ4v) is 2.36. The number of carboxylic acid groups (broad SMARTS) is 1. The Morgan fingerprint density at radius 3 is 2.65 bits per heavy atom. The van der Waals surface area contributed by atoms with Crippen LogP contribution in [0.3, 0.4) is 0 Å². The van der Waals surface area contributed by atoms with E-state index >= 15 is 0 Å². The number of benzene rings is 1. The molecule has 0 aliphatic rings.